The first-order chi connectivity index (χ1) is 16.3. The highest BCUT2D eigenvalue weighted by atomic mass is 16.7. The molecular formula is C25H24O9. The number of hydrogen-bond acceptors (Lipinski definition) is 8. The van der Waals surface area contributed by atoms with E-state index in [0.717, 1.165) is 0 Å². The van der Waals surface area contributed by atoms with E-state index in [1.807, 2.05) is 6.07 Å². The van der Waals surface area contributed by atoms with Crippen molar-refractivity contribution in [3.05, 3.63) is 66.7 Å². The summed E-state index contributed by atoms with van der Waals surface area (Å²) in [5.74, 6) is -1.55. The number of rotatable bonds is 6. The van der Waals surface area contributed by atoms with Crippen LogP contribution in [0.5, 0.6) is 17.2 Å². The Morgan fingerprint density at radius 1 is 0.882 bits per heavy atom. The Bertz CT molecular complexity index is 1150. The number of aliphatic carboxylic acids is 1. The van der Waals surface area contributed by atoms with Gasteiger partial charge in [-0.15, -0.1) is 0 Å². The number of carboxylic acids is 1. The summed E-state index contributed by atoms with van der Waals surface area (Å²) in [4.78, 5) is 11.5. The zero-order valence-electron chi connectivity index (χ0n) is 18.1. The van der Waals surface area contributed by atoms with Crippen molar-refractivity contribution in [2.24, 2.45) is 0 Å². The van der Waals surface area contributed by atoms with Gasteiger partial charge in [0.2, 0.25) is 6.29 Å². The third-order valence-corrected chi connectivity index (χ3v) is 5.63. The molecule has 0 bridgehead atoms. The molecule has 9 nitrogen and oxygen atoms in total. The highest BCUT2D eigenvalue weighted by molar-refractivity contribution is 5.87. The summed E-state index contributed by atoms with van der Waals surface area (Å²) in [5.41, 5.74) is 1.92. The molecule has 4 rings (SSSR count). The number of phenolic OH excluding ortho intramolecular Hbond substituents is 1. The van der Waals surface area contributed by atoms with Crippen LogP contribution in [0.4, 0.5) is 0 Å². The van der Waals surface area contributed by atoms with Crippen molar-refractivity contribution in [1.82, 2.24) is 0 Å². The van der Waals surface area contributed by atoms with Crippen molar-refractivity contribution in [2.45, 2.75) is 30.7 Å². The molecule has 0 aliphatic carbocycles. The van der Waals surface area contributed by atoms with Crippen LogP contribution in [0.2, 0.25) is 0 Å². The minimum Gasteiger partial charge on any atom is -0.504 e. The van der Waals surface area contributed by atoms with Crippen molar-refractivity contribution in [3.63, 3.8) is 0 Å². The molecule has 5 N–H and O–H groups in total. The molecule has 0 unspecified atom stereocenters. The van der Waals surface area contributed by atoms with Gasteiger partial charge in [0, 0.05) is 5.56 Å². The number of hydrogen-bond donors (Lipinski definition) is 5. The topological polar surface area (TPSA) is 146 Å². The molecule has 0 amide bonds. The maximum Gasteiger partial charge on any atom is 0.335 e. The van der Waals surface area contributed by atoms with Crippen molar-refractivity contribution in [1.29, 1.82) is 0 Å². The summed E-state index contributed by atoms with van der Waals surface area (Å²) in [6.07, 6.45) is -8.94. The van der Waals surface area contributed by atoms with Gasteiger partial charge in [-0.05, 0) is 17.2 Å². The fourth-order valence-electron chi connectivity index (χ4n) is 3.92. The summed E-state index contributed by atoms with van der Waals surface area (Å²) in [6.45, 7) is 0. The average molecular weight is 468 g/mol. The van der Waals surface area contributed by atoms with E-state index in [9.17, 15) is 30.3 Å². The molecule has 5 atom stereocenters. The summed E-state index contributed by atoms with van der Waals surface area (Å²) in [6, 6.07) is 19.4. The van der Waals surface area contributed by atoms with Gasteiger partial charge in [0.25, 0.3) is 0 Å². The van der Waals surface area contributed by atoms with Gasteiger partial charge in [0.1, 0.15) is 24.1 Å². The first kappa shape index (κ1) is 23.5. The lowest BCUT2D eigenvalue weighted by Gasteiger charge is -2.38. The highest BCUT2D eigenvalue weighted by Gasteiger charge is 2.48. The monoisotopic (exact) mass is 468 g/mol. The Balaban J connectivity index is 1.86. The van der Waals surface area contributed by atoms with E-state index in [4.69, 9.17) is 14.2 Å². The molecule has 0 radical (unpaired) electrons. The second-order valence-electron chi connectivity index (χ2n) is 7.76. The maximum atomic E-state index is 11.5. The van der Waals surface area contributed by atoms with Gasteiger partial charge in [0.05, 0.1) is 12.7 Å². The van der Waals surface area contributed by atoms with E-state index in [1.54, 1.807) is 60.7 Å². The van der Waals surface area contributed by atoms with Crippen molar-refractivity contribution >= 4 is 5.97 Å². The van der Waals surface area contributed by atoms with Crippen molar-refractivity contribution < 1.29 is 44.5 Å². The molecular weight excluding hydrogens is 444 g/mol. The fraction of sp³-hybridized carbons (Fsp3) is 0.240. The number of ether oxygens (including phenoxy) is 3. The maximum absolute atomic E-state index is 11.5. The summed E-state index contributed by atoms with van der Waals surface area (Å²) in [7, 11) is 1.42. The Labute approximate surface area is 195 Å². The number of methoxy groups -OCH3 is 1. The van der Waals surface area contributed by atoms with Gasteiger partial charge < -0.3 is 39.7 Å². The predicted octanol–water partition coefficient (Wildman–Crippen LogP) is 2.01. The summed E-state index contributed by atoms with van der Waals surface area (Å²) < 4.78 is 16.7. The molecule has 0 aromatic heterocycles. The number of carbonyl (C=O) groups is 1. The van der Waals surface area contributed by atoms with Crippen LogP contribution in [-0.4, -0.2) is 69.3 Å². The van der Waals surface area contributed by atoms with Crippen LogP contribution in [0.3, 0.4) is 0 Å². The largest absolute Gasteiger partial charge is 0.504 e. The fourth-order valence-corrected chi connectivity index (χ4v) is 3.92. The molecule has 0 spiro atoms. The Morgan fingerprint density at radius 2 is 1.47 bits per heavy atom. The molecule has 3 aromatic carbocycles. The molecule has 34 heavy (non-hydrogen) atoms. The van der Waals surface area contributed by atoms with Crippen LogP contribution >= 0.6 is 0 Å². The Morgan fingerprint density at radius 3 is 2.03 bits per heavy atom. The van der Waals surface area contributed by atoms with Crippen LogP contribution in [0, 0.1) is 0 Å². The molecule has 1 fully saturated rings. The zero-order valence-corrected chi connectivity index (χ0v) is 18.1. The van der Waals surface area contributed by atoms with E-state index < -0.39 is 36.7 Å². The number of aromatic hydroxyl groups is 1. The SMILES string of the molecule is COc1c(-c2ccccc2)cc(O[C@@H]2O[C@H](C(=O)O)[C@@H](O)[C@H](O)[C@H]2O)c(-c2ccccc2)c1O. The second-order valence-corrected chi connectivity index (χ2v) is 7.76. The number of carboxylic acid groups (broad SMARTS) is 1. The lowest BCUT2D eigenvalue weighted by atomic mass is 9.96. The van der Waals surface area contributed by atoms with E-state index in [0.29, 0.717) is 16.7 Å². The Hall–Kier alpha value is -3.63. The minimum atomic E-state index is -1.86. The van der Waals surface area contributed by atoms with Crippen molar-refractivity contribution in [3.8, 4) is 39.5 Å². The molecule has 1 saturated heterocycles. The number of aliphatic hydroxyl groups excluding tert-OH is 3. The van der Waals surface area contributed by atoms with Crippen molar-refractivity contribution in [2.75, 3.05) is 7.11 Å². The van der Waals surface area contributed by atoms with Crippen LogP contribution in [-0.2, 0) is 9.53 Å². The van der Waals surface area contributed by atoms with Gasteiger partial charge in [-0.2, -0.15) is 0 Å². The normalized spacial score (nSPS) is 24.4. The number of benzene rings is 3. The first-order valence-electron chi connectivity index (χ1n) is 10.5. The molecule has 1 aliphatic heterocycles. The molecule has 178 valence electrons. The third kappa shape index (κ3) is 4.29. The number of aliphatic hydroxyl groups is 3. The molecule has 3 aromatic rings. The standard InChI is InChI=1S/C25H24O9/c1-32-22-15(13-8-4-2-5-9-13)12-16(17(18(22)26)14-10-6-3-7-11-14)33-25-21(29)19(27)20(28)23(34-25)24(30)31/h2-12,19-21,23,25-29H,1H3,(H,30,31)/t19-,20-,21+,23-,25+/m0/s1. The lowest BCUT2D eigenvalue weighted by Crippen LogP contribution is -2.61. The minimum absolute atomic E-state index is 0.0418. The van der Waals surface area contributed by atoms with E-state index in [1.165, 1.54) is 7.11 Å². The van der Waals surface area contributed by atoms with Gasteiger partial charge >= 0.3 is 5.97 Å². The molecule has 9 heteroatoms. The van der Waals surface area contributed by atoms with Gasteiger partial charge in [0.15, 0.2) is 17.6 Å². The quantitative estimate of drug-likeness (QED) is 0.367. The first-order valence-corrected chi connectivity index (χ1v) is 10.5. The number of phenols is 1. The smallest absolute Gasteiger partial charge is 0.335 e. The lowest BCUT2D eigenvalue weighted by molar-refractivity contribution is -0.271. The molecule has 0 saturated carbocycles. The van der Waals surface area contributed by atoms with Gasteiger partial charge in [-0.25, -0.2) is 4.79 Å². The highest BCUT2D eigenvalue weighted by Crippen LogP contribution is 2.50. The summed E-state index contributed by atoms with van der Waals surface area (Å²) in [5, 5.41) is 51.1. The summed E-state index contributed by atoms with van der Waals surface area (Å²) >= 11 is 0. The van der Waals surface area contributed by atoms with Gasteiger partial charge in [-0.1, -0.05) is 60.7 Å². The van der Waals surface area contributed by atoms with E-state index in [2.05, 4.69) is 0 Å². The van der Waals surface area contributed by atoms with E-state index >= 15 is 0 Å². The van der Waals surface area contributed by atoms with Crippen LogP contribution < -0.4 is 9.47 Å². The Kier molecular flexibility index (Phi) is 6.71. The zero-order chi connectivity index (χ0) is 24.4. The third-order valence-electron chi connectivity index (χ3n) is 5.63. The second kappa shape index (κ2) is 9.70. The van der Waals surface area contributed by atoms with Crippen LogP contribution in [0.15, 0.2) is 66.7 Å². The van der Waals surface area contributed by atoms with E-state index in [-0.39, 0.29) is 22.8 Å². The average Bonchev–Trinajstić information content (AvgIpc) is 2.85. The van der Waals surface area contributed by atoms with Gasteiger partial charge in [-0.3, -0.25) is 0 Å². The molecule has 1 aliphatic rings. The predicted molar refractivity (Wildman–Crippen MR) is 120 cm³/mol. The van der Waals surface area contributed by atoms with Crippen LogP contribution in [0.1, 0.15) is 0 Å². The van der Waals surface area contributed by atoms with Crippen LogP contribution in [0.25, 0.3) is 22.3 Å². The molecule has 1 heterocycles.